The Morgan fingerprint density at radius 3 is 2.53 bits per heavy atom. The van der Waals surface area contributed by atoms with Gasteiger partial charge in [0.15, 0.2) is 0 Å². The van der Waals surface area contributed by atoms with E-state index in [1.165, 1.54) is 10.5 Å². The van der Waals surface area contributed by atoms with Crippen molar-refractivity contribution in [2.45, 2.75) is 52.4 Å². The van der Waals surface area contributed by atoms with Crippen molar-refractivity contribution in [2.75, 3.05) is 0 Å². The summed E-state index contributed by atoms with van der Waals surface area (Å²) in [6.45, 7) is 5.49. The highest BCUT2D eigenvalue weighted by molar-refractivity contribution is 6.05. The predicted molar refractivity (Wildman–Crippen MR) is 124 cm³/mol. The molecule has 8 nitrogen and oxygen atoms in total. The minimum atomic E-state index is -0.638. The van der Waals surface area contributed by atoms with Gasteiger partial charge in [-0.25, -0.2) is 4.98 Å². The fourth-order valence-electron chi connectivity index (χ4n) is 4.49. The Hall–Kier alpha value is -3.94. The number of imidazole rings is 1. The van der Waals surface area contributed by atoms with Crippen LogP contribution in [0.5, 0.6) is 5.75 Å². The zero-order valence-electron chi connectivity index (χ0n) is 19.2. The predicted octanol–water partition coefficient (Wildman–Crippen LogP) is 2.89. The number of carbonyl (C=O) groups is 3. The summed E-state index contributed by atoms with van der Waals surface area (Å²) in [5.74, 6) is -0.282. The van der Waals surface area contributed by atoms with Crippen LogP contribution in [0.2, 0.25) is 0 Å². The van der Waals surface area contributed by atoms with Gasteiger partial charge in [0, 0.05) is 29.8 Å². The molecule has 1 aromatic heterocycles. The molecule has 3 amide bonds. The van der Waals surface area contributed by atoms with Crippen LogP contribution in [-0.4, -0.2) is 38.2 Å². The van der Waals surface area contributed by atoms with E-state index in [9.17, 15) is 14.4 Å². The molecule has 1 saturated heterocycles. The zero-order valence-corrected chi connectivity index (χ0v) is 19.2. The van der Waals surface area contributed by atoms with Crippen molar-refractivity contribution < 1.29 is 19.1 Å². The SMILES string of the molecule is Cc1ncn(Cc2ccc(COc3cccc4c3CN(C3CCC(=O)NC3=O)C4=O)cc2)c1C. The summed E-state index contributed by atoms with van der Waals surface area (Å²) in [7, 11) is 0. The Morgan fingerprint density at radius 1 is 1.06 bits per heavy atom. The number of benzene rings is 2. The van der Waals surface area contributed by atoms with Gasteiger partial charge in [0.05, 0.1) is 18.6 Å². The van der Waals surface area contributed by atoms with E-state index < -0.39 is 11.9 Å². The molecule has 3 aromatic rings. The normalized spacial score (nSPS) is 17.6. The molecule has 8 heteroatoms. The maximum absolute atomic E-state index is 13.0. The molecule has 1 N–H and O–H groups in total. The number of nitrogens with one attached hydrogen (secondary N) is 1. The number of aromatic nitrogens is 2. The van der Waals surface area contributed by atoms with Crippen LogP contribution < -0.4 is 10.1 Å². The van der Waals surface area contributed by atoms with Crippen LogP contribution in [0, 0.1) is 13.8 Å². The Morgan fingerprint density at radius 2 is 1.82 bits per heavy atom. The van der Waals surface area contributed by atoms with Gasteiger partial charge in [0.25, 0.3) is 5.91 Å². The van der Waals surface area contributed by atoms with Crippen molar-refractivity contribution >= 4 is 17.7 Å². The highest BCUT2D eigenvalue weighted by atomic mass is 16.5. The molecule has 34 heavy (non-hydrogen) atoms. The van der Waals surface area contributed by atoms with Crippen LogP contribution in [0.15, 0.2) is 48.8 Å². The van der Waals surface area contributed by atoms with E-state index in [0.29, 0.717) is 30.9 Å². The summed E-state index contributed by atoms with van der Waals surface area (Å²) in [5.41, 5.74) is 5.71. The summed E-state index contributed by atoms with van der Waals surface area (Å²) in [5, 5.41) is 2.33. The minimum absolute atomic E-state index is 0.204. The molecule has 0 bridgehead atoms. The average Bonchev–Trinajstić information content (AvgIpc) is 3.33. The van der Waals surface area contributed by atoms with Crippen molar-refractivity contribution in [1.29, 1.82) is 0 Å². The molecule has 0 aliphatic carbocycles. The molecular formula is C26H26N4O4. The van der Waals surface area contributed by atoms with Crippen LogP contribution in [0.3, 0.4) is 0 Å². The third-order valence-electron chi connectivity index (χ3n) is 6.65. The fraction of sp³-hybridized carbons (Fsp3) is 0.308. The molecule has 174 valence electrons. The standard InChI is InChI=1S/C26H26N4O4/c1-16-17(2)29(15-27-16)12-18-6-8-19(9-7-18)14-34-23-5-3-4-20-21(23)13-30(26(20)33)22-10-11-24(31)28-25(22)32/h3-9,15,22H,10-14H2,1-2H3,(H,28,31,32). The van der Waals surface area contributed by atoms with Gasteiger partial charge in [-0.15, -0.1) is 0 Å². The van der Waals surface area contributed by atoms with E-state index in [1.807, 2.05) is 31.5 Å². The molecule has 1 fully saturated rings. The second-order valence-electron chi connectivity index (χ2n) is 8.83. The van der Waals surface area contributed by atoms with Crippen LogP contribution in [0.1, 0.15) is 51.3 Å². The first-order chi connectivity index (χ1) is 16.4. The van der Waals surface area contributed by atoms with Gasteiger partial charge < -0.3 is 14.2 Å². The van der Waals surface area contributed by atoms with E-state index in [0.717, 1.165) is 29.1 Å². The number of ether oxygens (including phenoxy) is 1. The number of aryl methyl sites for hydroxylation is 1. The average molecular weight is 459 g/mol. The number of piperidine rings is 1. The molecule has 2 aromatic carbocycles. The first-order valence-electron chi connectivity index (χ1n) is 11.4. The summed E-state index contributed by atoms with van der Waals surface area (Å²) in [4.78, 5) is 42.6. The van der Waals surface area contributed by atoms with Crippen molar-refractivity contribution in [3.05, 3.63) is 82.4 Å². The van der Waals surface area contributed by atoms with Gasteiger partial charge >= 0.3 is 0 Å². The first-order valence-corrected chi connectivity index (χ1v) is 11.4. The molecule has 0 saturated carbocycles. The molecule has 1 unspecified atom stereocenters. The monoisotopic (exact) mass is 458 g/mol. The van der Waals surface area contributed by atoms with Crippen molar-refractivity contribution in [2.24, 2.45) is 0 Å². The number of rotatable bonds is 6. The molecule has 3 heterocycles. The Bertz CT molecular complexity index is 1280. The maximum Gasteiger partial charge on any atom is 0.255 e. The highest BCUT2D eigenvalue weighted by Crippen LogP contribution is 2.34. The number of nitrogens with zero attached hydrogens (tertiary/aromatic N) is 3. The van der Waals surface area contributed by atoms with Crippen molar-refractivity contribution in [1.82, 2.24) is 19.8 Å². The second kappa shape index (κ2) is 8.78. The van der Waals surface area contributed by atoms with E-state index in [1.54, 1.807) is 12.1 Å². The summed E-state index contributed by atoms with van der Waals surface area (Å²) < 4.78 is 8.22. The Kier molecular flexibility index (Phi) is 5.65. The van der Waals surface area contributed by atoms with E-state index in [2.05, 4.69) is 33.9 Å². The van der Waals surface area contributed by atoms with E-state index in [-0.39, 0.29) is 18.2 Å². The molecule has 0 radical (unpaired) electrons. The van der Waals surface area contributed by atoms with Gasteiger partial charge in [-0.1, -0.05) is 30.3 Å². The number of hydrogen-bond acceptors (Lipinski definition) is 5. The van der Waals surface area contributed by atoms with Gasteiger partial charge in [0.1, 0.15) is 18.4 Å². The van der Waals surface area contributed by atoms with Gasteiger partial charge in [0.2, 0.25) is 11.8 Å². The summed E-state index contributed by atoms with van der Waals surface area (Å²) >= 11 is 0. The summed E-state index contributed by atoms with van der Waals surface area (Å²) in [6, 6.07) is 13.0. The van der Waals surface area contributed by atoms with Gasteiger partial charge in [-0.3, -0.25) is 19.7 Å². The molecule has 1 atom stereocenters. The molecule has 5 rings (SSSR count). The largest absolute Gasteiger partial charge is 0.489 e. The first kappa shape index (κ1) is 21.9. The maximum atomic E-state index is 13.0. The number of carbonyl (C=O) groups excluding carboxylic acids is 3. The number of amides is 3. The number of fused-ring (bicyclic) bond motifs is 1. The van der Waals surface area contributed by atoms with E-state index in [4.69, 9.17) is 4.74 Å². The Balaban J connectivity index is 1.26. The van der Waals surface area contributed by atoms with Crippen LogP contribution in [0.4, 0.5) is 0 Å². The van der Waals surface area contributed by atoms with Crippen molar-refractivity contribution in [3.63, 3.8) is 0 Å². The smallest absolute Gasteiger partial charge is 0.255 e. The lowest BCUT2D eigenvalue weighted by Crippen LogP contribution is -2.52. The molecule has 2 aliphatic rings. The lowest BCUT2D eigenvalue weighted by Gasteiger charge is -2.29. The lowest BCUT2D eigenvalue weighted by molar-refractivity contribution is -0.136. The topological polar surface area (TPSA) is 93.5 Å². The zero-order chi connectivity index (χ0) is 23.8. The fourth-order valence-corrected chi connectivity index (χ4v) is 4.49. The number of imide groups is 1. The highest BCUT2D eigenvalue weighted by Gasteiger charge is 2.40. The Labute approximate surface area is 197 Å². The van der Waals surface area contributed by atoms with E-state index >= 15 is 0 Å². The quantitative estimate of drug-likeness (QED) is 0.574. The third kappa shape index (κ3) is 4.07. The minimum Gasteiger partial charge on any atom is -0.489 e. The van der Waals surface area contributed by atoms with Crippen LogP contribution in [0.25, 0.3) is 0 Å². The van der Waals surface area contributed by atoms with Crippen LogP contribution >= 0.6 is 0 Å². The second-order valence-corrected chi connectivity index (χ2v) is 8.83. The van der Waals surface area contributed by atoms with Gasteiger partial charge in [-0.2, -0.15) is 0 Å². The number of hydrogen-bond donors (Lipinski definition) is 1. The third-order valence-corrected chi connectivity index (χ3v) is 6.65. The molecule has 2 aliphatic heterocycles. The molecular weight excluding hydrogens is 432 g/mol. The lowest BCUT2D eigenvalue weighted by atomic mass is 10.0. The summed E-state index contributed by atoms with van der Waals surface area (Å²) in [6.07, 6.45) is 2.43. The van der Waals surface area contributed by atoms with Crippen LogP contribution in [-0.2, 0) is 29.3 Å². The van der Waals surface area contributed by atoms with Crippen molar-refractivity contribution in [3.8, 4) is 5.75 Å². The molecule has 0 spiro atoms. The van der Waals surface area contributed by atoms with Gasteiger partial charge in [-0.05, 0) is 43.5 Å².